The first kappa shape index (κ1) is 13.1. The number of aromatic nitrogens is 2. The second-order valence-corrected chi connectivity index (χ2v) is 4.91. The predicted molar refractivity (Wildman–Crippen MR) is 76.2 cm³/mol. The van der Waals surface area contributed by atoms with E-state index in [2.05, 4.69) is 40.1 Å². The van der Waals surface area contributed by atoms with Crippen LogP contribution in [0, 0.1) is 0 Å². The highest BCUT2D eigenvalue weighted by molar-refractivity contribution is 5.50. The Hall–Kier alpha value is -1.32. The molecule has 1 saturated carbocycles. The highest BCUT2D eigenvalue weighted by Gasteiger charge is 2.29. The quantitative estimate of drug-likeness (QED) is 0.805. The number of nitrogens with one attached hydrogen (secondary N) is 1. The van der Waals surface area contributed by atoms with Crippen molar-refractivity contribution in [3.05, 3.63) is 11.9 Å². The minimum Gasteiger partial charge on any atom is -0.373 e. The Labute approximate surface area is 110 Å². The lowest BCUT2D eigenvalue weighted by atomic mass is 10.3. The molecule has 18 heavy (non-hydrogen) atoms. The molecule has 0 amide bonds. The van der Waals surface area contributed by atoms with Crippen LogP contribution in [-0.4, -0.2) is 29.6 Å². The standard InChI is InChI=1S/C14H24N4/c1-4-6-9-18(11-7-8-11)14-10-13(15-3)16-12(5-2)17-14/h10-11H,4-9H2,1-3H3,(H,15,16,17). The van der Waals surface area contributed by atoms with Crippen LogP contribution in [0.1, 0.15) is 45.4 Å². The molecule has 0 aliphatic heterocycles. The Kier molecular flexibility index (Phi) is 4.39. The number of anilines is 2. The summed E-state index contributed by atoms with van der Waals surface area (Å²) in [7, 11) is 1.92. The summed E-state index contributed by atoms with van der Waals surface area (Å²) in [6, 6.07) is 2.79. The van der Waals surface area contributed by atoms with Gasteiger partial charge >= 0.3 is 0 Å². The molecule has 1 aliphatic rings. The molecule has 0 bridgehead atoms. The smallest absolute Gasteiger partial charge is 0.134 e. The molecule has 0 aromatic carbocycles. The zero-order chi connectivity index (χ0) is 13.0. The van der Waals surface area contributed by atoms with Crippen molar-refractivity contribution in [3.8, 4) is 0 Å². The summed E-state index contributed by atoms with van der Waals surface area (Å²) >= 11 is 0. The van der Waals surface area contributed by atoms with E-state index in [4.69, 9.17) is 0 Å². The minimum atomic E-state index is 0.709. The molecule has 1 N–H and O–H groups in total. The van der Waals surface area contributed by atoms with E-state index in [-0.39, 0.29) is 0 Å². The van der Waals surface area contributed by atoms with Crippen LogP contribution in [0.25, 0.3) is 0 Å². The Morgan fingerprint density at radius 1 is 1.33 bits per heavy atom. The fourth-order valence-electron chi connectivity index (χ4n) is 2.12. The minimum absolute atomic E-state index is 0.709. The van der Waals surface area contributed by atoms with E-state index in [0.29, 0.717) is 6.04 Å². The van der Waals surface area contributed by atoms with Crippen LogP contribution in [0.3, 0.4) is 0 Å². The summed E-state index contributed by atoms with van der Waals surface area (Å²) in [5, 5.41) is 3.13. The lowest BCUT2D eigenvalue weighted by Crippen LogP contribution is -2.28. The average molecular weight is 248 g/mol. The van der Waals surface area contributed by atoms with Crippen molar-refractivity contribution in [1.29, 1.82) is 0 Å². The third-order valence-corrected chi connectivity index (χ3v) is 3.37. The summed E-state index contributed by atoms with van der Waals surface area (Å²) < 4.78 is 0. The van der Waals surface area contributed by atoms with Crippen molar-refractivity contribution in [1.82, 2.24) is 9.97 Å². The van der Waals surface area contributed by atoms with Gasteiger partial charge in [-0.2, -0.15) is 0 Å². The van der Waals surface area contributed by atoms with Crippen LogP contribution in [0.4, 0.5) is 11.6 Å². The first-order chi connectivity index (χ1) is 8.78. The Bertz CT molecular complexity index is 365. The zero-order valence-electron chi connectivity index (χ0n) is 11.7. The Balaban J connectivity index is 2.22. The van der Waals surface area contributed by atoms with E-state index in [1.165, 1.54) is 25.7 Å². The number of rotatable bonds is 7. The van der Waals surface area contributed by atoms with Gasteiger partial charge in [0.05, 0.1) is 0 Å². The first-order valence-corrected chi connectivity index (χ1v) is 7.10. The van der Waals surface area contributed by atoms with Gasteiger partial charge in [-0.1, -0.05) is 20.3 Å². The SMILES string of the molecule is CCCCN(c1cc(NC)nc(CC)n1)C1CC1. The maximum absolute atomic E-state index is 4.69. The Morgan fingerprint density at radius 3 is 2.67 bits per heavy atom. The largest absolute Gasteiger partial charge is 0.373 e. The van der Waals surface area contributed by atoms with Crippen LogP contribution >= 0.6 is 0 Å². The van der Waals surface area contributed by atoms with Crippen molar-refractivity contribution >= 4 is 11.6 Å². The molecule has 100 valence electrons. The van der Waals surface area contributed by atoms with Crippen molar-refractivity contribution in [2.45, 2.75) is 52.0 Å². The lowest BCUT2D eigenvalue weighted by molar-refractivity contribution is 0.700. The van der Waals surface area contributed by atoms with Crippen LogP contribution in [0.5, 0.6) is 0 Å². The van der Waals surface area contributed by atoms with Gasteiger partial charge in [0.1, 0.15) is 17.5 Å². The molecule has 1 fully saturated rings. The van der Waals surface area contributed by atoms with Crippen molar-refractivity contribution < 1.29 is 0 Å². The van der Waals surface area contributed by atoms with Crippen LogP contribution in [-0.2, 0) is 6.42 Å². The molecule has 2 rings (SSSR count). The van der Waals surface area contributed by atoms with Gasteiger partial charge in [0, 0.05) is 32.1 Å². The van der Waals surface area contributed by atoms with Gasteiger partial charge in [0.15, 0.2) is 0 Å². The van der Waals surface area contributed by atoms with Gasteiger partial charge in [0.2, 0.25) is 0 Å². The van der Waals surface area contributed by atoms with Crippen molar-refractivity contribution in [2.24, 2.45) is 0 Å². The third-order valence-electron chi connectivity index (χ3n) is 3.37. The number of unbranched alkanes of at least 4 members (excludes halogenated alkanes) is 1. The van der Waals surface area contributed by atoms with Crippen LogP contribution < -0.4 is 10.2 Å². The normalized spacial score (nSPS) is 14.6. The number of hydrogen-bond donors (Lipinski definition) is 1. The Morgan fingerprint density at radius 2 is 2.11 bits per heavy atom. The van der Waals surface area contributed by atoms with Gasteiger partial charge < -0.3 is 10.2 Å². The molecular weight excluding hydrogens is 224 g/mol. The lowest BCUT2D eigenvalue weighted by Gasteiger charge is -2.24. The molecule has 1 aromatic heterocycles. The molecule has 0 unspecified atom stereocenters. The van der Waals surface area contributed by atoms with E-state index in [1.54, 1.807) is 0 Å². The van der Waals surface area contributed by atoms with E-state index in [9.17, 15) is 0 Å². The number of aryl methyl sites for hydroxylation is 1. The summed E-state index contributed by atoms with van der Waals surface area (Å²) in [6.07, 6.45) is 5.97. The average Bonchev–Trinajstić information content (AvgIpc) is 3.23. The summed E-state index contributed by atoms with van der Waals surface area (Å²) in [5.74, 6) is 2.96. The number of hydrogen-bond acceptors (Lipinski definition) is 4. The summed E-state index contributed by atoms with van der Waals surface area (Å²) in [4.78, 5) is 11.6. The second-order valence-electron chi connectivity index (χ2n) is 4.91. The molecule has 0 radical (unpaired) electrons. The number of nitrogens with zero attached hydrogens (tertiary/aromatic N) is 3. The predicted octanol–water partition coefficient (Wildman–Crippen LogP) is 2.85. The first-order valence-electron chi connectivity index (χ1n) is 7.10. The maximum Gasteiger partial charge on any atom is 0.134 e. The fraction of sp³-hybridized carbons (Fsp3) is 0.714. The van der Waals surface area contributed by atoms with Crippen LogP contribution in [0.15, 0.2) is 6.07 Å². The second kappa shape index (κ2) is 6.03. The fourth-order valence-corrected chi connectivity index (χ4v) is 2.12. The van der Waals surface area contributed by atoms with Crippen molar-refractivity contribution in [2.75, 3.05) is 23.8 Å². The molecule has 0 saturated heterocycles. The topological polar surface area (TPSA) is 41.0 Å². The summed E-state index contributed by atoms with van der Waals surface area (Å²) in [5.41, 5.74) is 0. The highest BCUT2D eigenvalue weighted by atomic mass is 15.2. The zero-order valence-corrected chi connectivity index (χ0v) is 11.7. The highest BCUT2D eigenvalue weighted by Crippen LogP contribution is 2.31. The van der Waals surface area contributed by atoms with Crippen LogP contribution in [0.2, 0.25) is 0 Å². The van der Waals surface area contributed by atoms with E-state index in [0.717, 1.165) is 30.4 Å². The molecule has 1 aliphatic carbocycles. The van der Waals surface area contributed by atoms with E-state index in [1.807, 2.05) is 7.05 Å². The van der Waals surface area contributed by atoms with Gasteiger partial charge in [-0.3, -0.25) is 0 Å². The van der Waals surface area contributed by atoms with Gasteiger partial charge in [-0.05, 0) is 19.3 Å². The molecule has 4 heteroatoms. The van der Waals surface area contributed by atoms with E-state index >= 15 is 0 Å². The molecule has 4 nitrogen and oxygen atoms in total. The molecule has 1 aromatic rings. The van der Waals surface area contributed by atoms with Gasteiger partial charge in [-0.15, -0.1) is 0 Å². The third kappa shape index (κ3) is 3.12. The van der Waals surface area contributed by atoms with Gasteiger partial charge in [0.25, 0.3) is 0 Å². The van der Waals surface area contributed by atoms with Gasteiger partial charge in [-0.25, -0.2) is 9.97 Å². The van der Waals surface area contributed by atoms with E-state index < -0.39 is 0 Å². The van der Waals surface area contributed by atoms with Crippen molar-refractivity contribution in [3.63, 3.8) is 0 Å². The summed E-state index contributed by atoms with van der Waals surface area (Å²) in [6.45, 7) is 5.46. The molecule has 0 spiro atoms. The monoisotopic (exact) mass is 248 g/mol. The molecular formula is C14H24N4. The molecule has 1 heterocycles. The molecule has 0 atom stereocenters. The maximum atomic E-state index is 4.69.